The molecule has 106 valence electrons. The summed E-state index contributed by atoms with van der Waals surface area (Å²) in [5.74, 6) is 1.05. The van der Waals surface area contributed by atoms with Crippen LogP contribution in [0.25, 0.3) is 0 Å². The summed E-state index contributed by atoms with van der Waals surface area (Å²) >= 11 is 0. The monoisotopic (exact) mass is 262 g/mol. The molecule has 3 heteroatoms. The van der Waals surface area contributed by atoms with Crippen LogP contribution in [-0.4, -0.2) is 40.6 Å². The number of hydrogen-bond acceptors (Lipinski definition) is 2. The van der Waals surface area contributed by atoms with Crippen LogP contribution in [0.2, 0.25) is 0 Å². The number of hydrogen-bond donors (Lipinski definition) is 1. The maximum Gasteiger partial charge on any atom is 0.162 e. The SMILES string of the molecule is C1CC[N+]23C(C1)NCN2C1CCC(C1)C31CCCC1. The van der Waals surface area contributed by atoms with E-state index >= 15 is 0 Å². The molecule has 3 aliphatic heterocycles. The lowest BCUT2D eigenvalue weighted by Crippen LogP contribution is -2.78. The Bertz CT molecular complexity index is 389. The molecule has 2 spiro atoms. The van der Waals surface area contributed by atoms with Gasteiger partial charge < -0.3 is 0 Å². The van der Waals surface area contributed by atoms with Crippen molar-refractivity contribution in [1.82, 2.24) is 10.3 Å². The normalized spacial score (nSPS) is 51.5. The molecule has 0 amide bonds. The van der Waals surface area contributed by atoms with Crippen molar-refractivity contribution in [2.75, 3.05) is 13.2 Å². The fourth-order valence-electron chi connectivity index (χ4n) is 6.97. The molecule has 1 N–H and O–H groups in total. The van der Waals surface area contributed by atoms with Crippen molar-refractivity contribution in [1.29, 1.82) is 0 Å². The minimum Gasteiger partial charge on any atom is -0.248 e. The van der Waals surface area contributed by atoms with E-state index in [2.05, 4.69) is 10.3 Å². The average Bonchev–Trinajstić information content (AvgIpc) is 3.14. The summed E-state index contributed by atoms with van der Waals surface area (Å²) in [5.41, 5.74) is 0.654. The molecule has 0 aromatic carbocycles. The van der Waals surface area contributed by atoms with E-state index in [0.29, 0.717) is 5.54 Å². The van der Waals surface area contributed by atoms with Crippen molar-refractivity contribution < 1.29 is 4.59 Å². The van der Waals surface area contributed by atoms with E-state index in [4.69, 9.17) is 0 Å². The topological polar surface area (TPSA) is 15.3 Å². The molecule has 0 aromatic heterocycles. The fourth-order valence-corrected chi connectivity index (χ4v) is 6.97. The molecule has 3 heterocycles. The fraction of sp³-hybridized carbons (Fsp3) is 1.00. The Kier molecular flexibility index (Phi) is 2.27. The Morgan fingerprint density at radius 1 is 1.00 bits per heavy atom. The molecule has 4 atom stereocenters. The molecule has 0 radical (unpaired) electrons. The molecule has 0 aromatic rings. The second-order valence-electron chi connectivity index (χ2n) is 7.84. The summed E-state index contributed by atoms with van der Waals surface area (Å²) in [7, 11) is 0. The molecule has 2 saturated carbocycles. The lowest BCUT2D eigenvalue weighted by atomic mass is 9.75. The standard InChI is InChI=1S/C16H28N3/c1-4-10-19-15(5-1)17-12-18(19)14-7-6-13(11-14)16(19)8-2-3-9-16/h13-15,17H,1-12H2/q+1. The smallest absolute Gasteiger partial charge is 0.162 e. The van der Waals surface area contributed by atoms with Crippen LogP contribution in [0.5, 0.6) is 0 Å². The van der Waals surface area contributed by atoms with Crippen molar-refractivity contribution in [3.63, 3.8) is 0 Å². The highest BCUT2D eigenvalue weighted by Crippen LogP contribution is 2.60. The third-order valence-electron chi connectivity index (χ3n) is 7.52. The van der Waals surface area contributed by atoms with Gasteiger partial charge in [0.2, 0.25) is 0 Å². The van der Waals surface area contributed by atoms with Crippen molar-refractivity contribution in [2.45, 2.75) is 82.0 Å². The van der Waals surface area contributed by atoms with Gasteiger partial charge in [-0.15, -0.1) is 5.01 Å². The minimum absolute atomic E-state index is 0.654. The molecule has 5 rings (SSSR count). The zero-order chi connectivity index (χ0) is 12.5. The molecule has 3 nitrogen and oxygen atoms in total. The lowest BCUT2D eigenvalue weighted by molar-refractivity contribution is -1.09. The largest absolute Gasteiger partial charge is 0.248 e. The van der Waals surface area contributed by atoms with E-state index in [1.54, 1.807) is 0 Å². The van der Waals surface area contributed by atoms with Gasteiger partial charge in [-0.25, -0.2) is 9.91 Å². The quantitative estimate of drug-likeness (QED) is 0.675. The third-order valence-corrected chi connectivity index (χ3v) is 7.52. The van der Waals surface area contributed by atoms with Crippen LogP contribution in [0.15, 0.2) is 0 Å². The Balaban J connectivity index is 1.68. The van der Waals surface area contributed by atoms with Crippen LogP contribution >= 0.6 is 0 Å². The van der Waals surface area contributed by atoms with Gasteiger partial charge in [0, 0.05) is 25.2 Å². The van der Waals surface area contributed by atoms with E-state index in [-0.39, 0.29) is 0 Å². The molecular formula is C16H28N3+. The first kappa shape index (κ1) is 11.5. The van der Waals surface area contributed by atoms with Crippen molar-refractivity contribution in [3.8, 4) is 0 Å². The molecule has 5 fully saturated rings. The van der Waals surface area contributed by atoms with E-state index in [9.17, 15) is 0 Å². The lowest BCUT2D eigenvalue weighted by Gasteiger charge is -2.62. The molecule has 2 bridgehead atoms. The van der Waals surface area contributed by atoms with Gasteiger partial charge in [-0.1, -0.05) is 0 Å². The van der Waals surface area contributed by atoms with E-state index in [1.165, 1.54) is 82.0 Å². The van der Waals surface area contributed by atoms with Gasteiger partial charge in [-0.05, 0) is 44.9 Å². The Morgan fingerprint density at radius 3 is 2.79 bits per heavy atom. The molecular weight excluding hydrogens is 234 g/mol. The zero-order valence-corrected chi connectivity index (χ0v) is 12.1. The minimum atomic E-state index is 0.654. The number of fused-ring (bicyclic) bond motifs is 4. The summed E-state index contributed by atoms with van der Waals surface area (Å²) in [6.45, 7) is 2.63. The van der Waals surface area contributed by atoms with Gasteiger partial charge in [0.1, 0.15) is 12.2 Å². The summed E-state index contributed by atoms with van der Waals surface area (Å²) < 4.78 is 1.41. The van der Waals surface area contributed by atoms with Crippen molar-refractivity contribution in [2.24, 2.45) is 5.92 Å². The van der Waals surface area contributed by atoms with Crippen LogP contribution in [0.3, 0.4) is 0 Å². The molecule has 19 heavy (non-hydrogen) atoms. The van der Waals surface area contributed by atoms with Crippen molar-refractivity contribution >= 4 is 0 Å². The Morgan fingerprint density at radius 2 is 1.89 bits per heavy atom. The van der Waals surface area contributed by atoms with Gasteiger partial charge in [-0.2, -0.15) is 0 Å². The first-order valence-electron chi connectivity index (χ1n) is 8.75. The van der Waals surface area contributed by atoms with Crippen LogP contribution in [-0.2, 0) is 0 Å². The number of rotatable bonds is 0. The summed E-state index contributed by atoms with van der Waals surface area (Å²) in [6, 6.07) is 0.909. The van der Waals surface area contributed by atoms with E-state index < -0.39 is 0 Å². The number of piperidine rings is 1. The predicted octanol–water partition coefficient (Wildman–Crippen LogP) is 2.59. The summed E-state index contributed by atoms with van der Waals surface area (Å²) in [6.07, 6.45) is 15.7. The van der Waals surface area contributed by atoms with Crippen molar-refractivity contribution in [3.05, 3.63) is 0 Å². The maximum atomic E-state index is 3.93. The van der Waals surface area contributed by atoms with Gasteiger partial charge >= 0.3 is 0 Å². The van der Waals surface area contributed by atoms with E-state index in [0.717, 1.165) is 18.1 Å². The van der Waals surface area contributed by atoms with Crippen LogP contribution in [0.4, 0.5) is 0 Å². The van der Waals surface area contributed by atoms with Gasteiger partial charge in [0.25, 0.3) is 0 Å². The van der Waals surface area contributed by atoms with Crippen LogP contribution in [0, 0.1) is 5.92 Å². The van der Waals surface area contributed by atoms with Gasteiger partial charge in [0.05, 0.1) is 12.6 Å². The number of quaternary nitrogens is 1. The first-order chi connectivity index (χ1) is 9.37. The molecule has 4 unspecified atom stereocenters. The number of nitrogens with zero attached hydrogens (tertiary/aromatic N) is 2. The summed E-state index contributed by atoms with van der Waals surface area (Å²) in [4.78, 5) is 0. The van der Waals surface area contributed by atoms with Gasteiger partial charge in [0.15, 0.2) is 6.17 Å². The third kappa shape index (κ3) is 1.18. The first-order valence-corrected chi connectivity index (χ1v) is 8.75. The van der Waals surface area contributed by atoms with Crippen LogP contribution in [0.1, 0.15) is 64.2 Å². The van der Waals surface area contributed by atoms with Gasteiger partial charge in [-0.3, -0.25) is 0 Å². The second kappa shape index (κ2) is 3.75. The molecule has 3 saturated heterocycles. The Labute approximate surface area is 116 Å². The average molecular weight is 262 g/mol. The Hall–Kier alpha value is -0.120. The maximum absolute atomic E-state index is 3.93. The highest BCUT2D eigenvalue weighted by Gasteiger charge is 2.71. The predicted molar refractivity (Wildman–Crippen MR) is 74.9 cm³/mol. The van der Waals surface area contributed by atoms with E-state index in [1.807, 2.05) is 0 Å². The summed E-state index contributed by atoms with van der Waals surface area (Å²) in [5, 5.41) is 6.87. The second-order valence-corrected chi connectivity index (χ2v) is 7.84. The molecule has 2 aliphatic carbocycles. The molecule has 5 aliphatic rings. The zero-order valence-electron chi connectivity index (χ0n) is 12.1. The highest BCUT2D eigenvalue weighted by molar-refractivity contribution is 5.04. The number of nitrogens with one attached hydrogen (secondary N) is 1. The highest BCUT2D eigenvalue weighted by atomic mass is 15.9. The van der Waals surface area contributed by atoms with Crippen LogP contribution < -0.4 is 5.32 Å².